The van der Waals surface area contributed by atoms with Gasteiger partial charge in [-0.1, -0.05) is 18.7 Å². The van der Waals surface area contributed by atoms with Gasteiger partial charge in [-0.3, -0.25) is 4.79 Å². The number of amides is 1. The highest BCUT2D eigenvalue weighted by atomic mass is 16.2. The van der Waals surface area contributed by atoms with Gasteiger partial charge in [0.1, 0.15) is 5.69 Å². The standard InChI is InChI=1S/C22H24N4O/c1-4-18-14-24-21(25-18)22(27)26-20-11-10-17(15(2)13-23-3)12-19(20)16-8-6-5-7-9-16/h1,8,10-12,14,23H,2,5-7,9,13H2,3H3,(H,24,25)(H,26,27). The Bertz CT molecular complexity index is 930. The van der Waals surface area contributed by atoms with Crippen LogP contribution in [0.25, 0.3) is 11.1 Å². The second-order valence-corrected chi connectivity index (χ2v) is 6.60. The highest BCUT2D eigenvalue weighted by Gasteiger charge is 2.16. The van der Waals surface area contributed by atoms with E-state index in [1.807, 2.05) is 19.2 Å². The van der Waals surface area contributed by atoms with Gasteiger partial charge >= 0.3 is 0 Å². The van der Waals surface area contributed by atoms with Crippen LogP contribution in [0.3, 0.4) is 0 Å². The first-order chi connectivity index (χ1) is 13.1. The molecule has 5 heteroatoms. The van der Waals surface area contributed by atoms with Crippen molar-refractivity contribution in [2.45, 2.75) is 25.7 Å². The Morgan fingerprint density at radius 1 is 1.41 bits per heavy atom. The summed E-state index contributed by atoms with van der Waals surface area (Å²) in [5.74, 6) is 2.31. The third-order valence-corrected chi connectivity index (χ3v) is 4.64. The summed E-state index contributed by atoms with van der Waals surface area (Å²) < 4.78 is 0. The molecule has 1 aromatic carbocycles. The lowest BCUT2D eigenvalue weighted by Crippen LogP contribution is -2.15. The molecule has 1 aliphatic carbocycles. The summed E-state index contributed by atoms with van der Waals surface area (Å²) in [5, 5.41) is 6.10. The predicted molar refractivity (Wildman–Crippen MR) is 110 cm³/mol. The van der Waals surface area contributed by atoms with E-state index in [0.717, 1.165) is 41.6 Å². The van der Waals surface area contributed by atoms with Gasteiger partial charge in [0.2, 0.25) is 0 Å². The molecule has 1 amide bonds. The zero-order valence-electron chi connectivity index (χ0n) is 15.6. The Labute approximate surface area is 160 Å². The van der Waals surface area contributed by atoms with Crippen LogP contribution in [0.15, 0.2) is 37.1 Å². The first-order valence-corrected chi connectivity index (χ1v) is 9.12. The van der Waals surface area contributed by atoms with Crippen LogP contribution >= 0.6 is 0 Å². The number of benzene rings is 1. The minimum absolute atomic E-state index is 0.204. The van der Waals surface area contributed by atoms with Crippen molar-refractivity contribution in [2.24, 2.45) is 0 Å². The molecule has 1 aliphatic rings. The number of carbonyl (C=O) groups is 1. The Kier molecular flexibility index (Phi) is 5.90. The van der Waals surface area contributed by atoms with Gasteiger partial charge in [-0.2, -0.15) is 0 Å². The van der Waals surface area contributed by atoms with Crippen molar-refractivity contribution in [1.29, 1.82) is 0 Å². The molecule has 5 nitrogen and oxygen atoms in total. The van der Waals surface area contributed by atoms with Gasteiger partial charge < -0.3 is 15.6 Å². The molecular formula is C22H24N4O. The van der Waals surface area contributed by atoms with Crippen LogP contribution in [-0.4, -0.2) is 29.5 Å². The van der Waals surface area contributed by atoms with E-state index in [1.54, 1.807) is 6.20 Å². The smallest absolute Gasteiger partial charge is 0.291 e. The van der Waals surface area contributed by atoms with Gasteiger partial charge in [-0.25, -0.2) is 4.98 Å². The molecule has 1 heterocycles. The number of aromatic amines is 1. The van der Waals surface area contributed by atoms with Gasteiger partial charge in [0.15, 0.2) is 5.82 Å². The zero-order chi connectivity index (χ0) is 19.2. The van der Waals surface area contributed by atoms with Crippen molar-refractivity contribution in [2.75, 3.05) is 18.9 Å². The van der Waals surface area contributed by atoms with Crippen LogP contribution in [0.5, 0.6) is 0 Å². The quantitative estimate of drug-likeness (QED) is 0.686. The second kappa shape index (κ2) is 8.52. The van der Waals surface area contributed by atoms with Crippen LogP contribution in [0.4, 0.5) is 5.69 Å². The second-order valence-electron chi connectivity index (χ2n) is 6.60. The number of likely N-dealkylation sites (N-methyl/N-ethyl adjacent to an activating group) is 1. The Balaban J connectivity index is 1.93. The lowest BCUT2D eigenvalue weighted by molar-refractivity contribution is 0.101. The number of nitrogens with one attached hydrogen (secondary N) is 3. The van der Waals surface area contributed by atoms with Crippen LogP contribution in [0.1, 0.15) is 53.1 Å². The summed E-state index contributed by atoms with van der Waals surface area (Å²) >= 11 is 0. The number of H-pyrrole nitrogens is 1. The van der Waals surface area contributed by atoms with E-state index in [4.69, 9.17) is 6.42 Å². The molecule has 3 rings (SSSR count). The van der Waals surface area contributed by atoms with Crippen molar-refractivity contribution in [1.82, 2.24) is 15.3 Å². The molecule has 27 heavy (non-hydrogen) atoms. The van der Waals surface area contributed by atoms with E-state index in [9.17, 15) is 4.79 Å². The zero-order valence-corrected chi connectivity index (χ0v) is 15.6. The number of imidazole rings is 1. The molecule has 0 fully saturated rings. The lowest BCUT2D eigenvalue weighted by atomic mass is 9.90. The highest BCUT2D eigenvalue weighted by Crippen LogP contribution is 2.33. The molecule has 0 unspecified atom stereocenters. The highest BCUT2D eigenvalue weighted by molar-refractivity contribution is 6.03. The number of hydrogen-bond donors (Lipinski definition) is 3. The van der Waals surface area contributed by atoms with E-state index in [-0.39, 0.29) is 11.7 Å². The van der Waals surface area contributed by atoms with Gasteiger partial charge in [-0.15, -0.1) is 6.42 Å². The number of allylic oxidation sites excluding steroid dienone is 2. The molecule has 2 aromatic rings. The van der Waals surface area contributed by atoms with E-state index in [0.29, 0.717) is 12.2 Å². The summed E-state index contributed by atoms with van der Waals surface area (Å²) in [5.41, 5.74) is 5.57. The van der Waals surface area contributed by atoms with Crippen molar-refractivity contribution in [3.05, 3.63) is 59.7 Å². The fourth-order valence-corrected chi connectivity index (χ4v) is 3.23. The summed E-state index contributed by atoms with van der Waals surface area (Å²) in [6.45, 7) is 4.86. The van der Waals surface area contributed by atoms with Crippen molar-refractivity contribution < 1.29 is 4.79 Å². The van der Waals surface area contributed by atoms with E-state index in [2.05, 4.69) is 45.2 Å². The number of hydrogen-bond acceptors (Lipinski definition) is 3. The molecular weight excluding hydrogens is 336 g/mol. The minimum atomic E-state index is -0.309. The fourth-order valence-electron chi connectivity index (χ4n) is 3.23. The topological polar surface area (TPSA) is 69.8 Å². The average molecular weight is 360 g/mol. The largest absolute Gasteiger partial charge is 0.339 e. The minimum Gasteiger partial charge on any atom is -0.339 e. The molecule has 0 atom stereocenters. The monoisotopic (exact) mass is 360 g/mol. The molecule has 0 bridgehead atoms. The van der Waals surface area contributed by atoms with Crippen LogP contribution in [0.2, 0.25) is 0 Å². The molecule has 138 valence electrons. The summed E-state index contributed by atoms with van der Waals surface area (Å²) in [7, 11) is 1.90. The fraction of sp³-hybridized carbons (Fsp3) is 0.273. The maximum atomic E-state index is 12.6. The van der Waals surface area contributed by atoms with Crippen molar-refractivity contribution in [3.63, 3.8) is 0 Å². The van der Waals surface area contributed by atoms with Crippen molar-refractivity contribution in [3.8, 4) is 12.3 Å². The molecule has 0 saturated carbocycles. The lowest BCUT2D eigenvalue weighted by Gasteiger charge is -2.19. The van der Waals surface area contributed by atoms with E-state index in [1.165, 1.54) is 12.0 Å². The Morgan fingerprint density at radius 2 is 2.26 bits per heavy atom. The number of anilines is 1. The predicted octanol–water partition coefficient (Wildman–Crippen LogP) is 3.83. The Hall–Kier alpha value is -3.10. The Morgan fingerprint density at radius 3 is 2.93 bits per heavy atom. The number of aromatic nitrogens is 2. The van der Waals surface area contributed by atoms with Gasteiger partial charge in [0.05, 0.1) is 0 Å². The number of carbonyl (C=O) groups excluding carboxylic acids is 1. The number of terminal acetylenes is 1. The third-order valence-electron chi connectivity index (χ3n) is 4.64. The maximum Gasteiger partial charge on any atom is 0.291 e. The van der Waals surface area contributed by atoms with E-state index < -0.39 is 0 Å². The van der Waals surface area contributed by atoms with Crippen molar-refractivity contribution >= 4 is 22.7 Å². The normalized spacial score (nSPS) is 13.6. The van der Waals surface area contributed by atoms with Gasteiger partial charge in [0.25, 0.3) is 5.91 Å². The summed E-state index contributed by atoms with van der Waals surface area (Å²) in [6.07, 6.45) is 13.6. The van der Waals surface area contributed by atoms with Crippen LogP contribution in [-0.2, 0) is 0 Å². The molecule has 0 saturated heterocycles. The van der Waals surface area contributed by atoms with Gasteiger partial charge in [-0.05, 0) is 67.5 Å². The average Bonchev–Trinajstić information content (AvgIpc) is 3.18. The van der Waals surface area contributed by atoms with Crippen LogP contribution < -0.4 is 10.6 Å². The SMILES string of the molecule is C#Cc1c[nH]c(C(=O)Nc2ccc(C(=C)CNC)cc2C2=CCCCC2)n1. The number of nitrogens with zero attached hydrogens (tertiary/aromatic N) is 1. The molecule has 1 aromatic heterocycles. The summed E-state index contributed by atoms with van der Waals surface area (Å²) in [4.78, 5) is 19.5. The van der Waals surface area contributed by atoms with Crippen LogP contribution in [0, 0.1) is 12.3 Å². The molecule has 0 spiro atoms. The molecule has 0 aliphatic heterocycles. The van der Waals surface area contributed by atoms with E-state index >= 15 is 0 Å². The maximum absolute atomic E-state index is 12.6. The number of rotatable bonds is 6. The first kappa shape index (κ1) is 18.7. The third kappa shape index (κ3) is 4.36. The molecule has 0 radical (unpaired) electrons. The molecule has 3 N–H and O–H groups in total. The van der Waals surface area contributed by atoms with Gasteiger partial charge in [0, 0.05) is 24.0 Å². The summed E-state index contributed by atoms with van der Waals surface area (Å²) in [6, 6.07) is 6.03. The first-order valence-electron chi connectivity index (χ1n) is 9.12.